The predicted octanol–water partition coefficient (Wildman–Crippen LogP) is 4.21. The van der Waals surface area contributed by atoms with Crippen LogP contribution in [-0.4, -0.2) is 50.2 Å². The van der Waals surface area contributed by atoms with Crippen LogP contribution in [0.3, 0.4) is 0 Å². The van der Waals surface area contributed by atoms with E-state index < -0.39 is 32.4 Å². The number of amides is 1. The van der Waals surface area contributed by atoms with E-state index in [1.165, 1.54) is 42.5 Å². The maximum absolute atomic E-state index is 14.4. The molecule has 39 heavy (non-hydrogen) atoms. The van der Waals surface area contributed by atoms with Crippen LogP contribution in [0, 0.1) is 11.7 Å². The minimum atomic E-state index is -4.34. The lowest BCUT2D eigenvalue weighted by Crippen LogP contribution is -2.32. The molecule has 2 aromatic heterocycles. The number of nitrogen functional groups attached to an aromatic ring is 1. The van der Waals surface area contributed by atoms with Crippen LogP contribution >= 0.6 is 0 Å². The van der Waals surface area contributed by atoms with Crippen molar-refractivity contribution in [2.45, 2.75) is 44.7 Å². The number of benzene rings is 1. The Kier molecular flexibility index (Phi) is 9.46. The first kappa shape index (κ1) is 29.8. The van der Waals surface area contributed by atoms with Crippen LogP contribution in [-0.2, 0) is 14.8 Å². The third-order valence-corrected chi connectivity index (χ3v) is 6.83. The lowest BCUT2D eigenvalue weighted by molar-refractivity contribution is 0.00505. The fourth-order valence-electron chi connectivity index (χ4n) is 3.25. The van der Waals surface area contributed by atoms with Gasteiger partial charge >= 0.3 is 0 Å². The molecule has 0 saturated carbocycles. The monoisotopic (exact) mass is 560 g/mol. The summed E-state index contributed by atoms with van der Waals surface area (Å²) in [5.41, 5.74) is 5.60. The van der Waals surface area contributed by atoms with Crippen molar-refractivity contribution in [3.8, 4) is 22.9 Å². The quantitative estimate of drug-likeness (QED) is 0.333. The third-order valence-electron chi connectivity index (χ3n) is 5.60. The van der Waals surface area contributed by atoms with Gasteiger partial charge in [0, 0.05) is 25.2 Å². The smallest absolute Gasteiger partial charge is 0.281 e. The zero-order valence-electron chi connectivity index (χ0n) is 22.5. The molecule has 0 saturated heterocycles. The Morgan fingerprint density at radius 1 is 1.10 bits per heavy atom. The van der Waals surface area contributed by atoms with E-state index in [1.54, 1.807) is 13.2 Å². The Morgan fingerprint density at radius 2 is 1.85 bits per heavy atom. The molecular weight excluding hydrogens is 527 g/mol. The molecule has 0 spiro atoms. The lowest BCUT2D eigenvalue weighted by Gasteiger charge is -2.22. The summed E-state index contributed by atoms with van der Waals surface area (Å²) in [6.45, 7) is 8.18. The molecule has 210 valence electrons. The first-order valence-corrected chi connectivity index (χ1v) is 13.7. The van der Waals surface area contributed by atoms with Crippen LogP contribution in [0.15, 0.2) is 53.6 Å². The molecule has 0 aliphatic heterocycles. The van der Waals surface area contributed by atoms with Gasteiger partial charge in [0.05, 0.1) is 24.5 Å². The molecular formula is C27H33FN4O6S. The number of rotatable bonds is 12. The molecule has 0 bridgehead atoms. The van der Waals surface area contributed by atoms with E-state index in [0.717, 1.165) is 0 Å². The van der Waals surface area contributed by atoms with E-state index in [9.17, 15) is 17.6 Å². The predicted molar refractivity (Wildman–Crippen MR) is 144 cm³/mol. The minimum absolute atomic E-state index is 0.0204. The molecule has 1 aromatic carbocycles. The highest BCUT2D eigenvalue weighted by molar-refractivity contribution is 7.90. The van der Waals surface area contributed by atoms with Gasteiger partial charge in [0.15, 0.2) is 5.03 Å². The second kappa shape index (κ2) is 12.4. The molecule has 0 aliphatic carbocycles. The molecule has 1 amide bonds. The topological polar surface area (TPSA) is 143 Å². The Balaban J connectivity index is 1.96. The Hall–Kier alpha value is -3.77. The SMILES string of the molecule is COC(C)(C)CCOc1nc(-c2cc(F)cc(OCC(C)C)c2)ccc1C(=O)NS(=O)(=O)c1cccc(N)n1. The maximum Gasteiger partial charge on any atom is 0.281 e. The van der Waals surface area contributed by atoms with Crippen LogP contribution in [0.25, 0.3) is 11.3 Å². The standard InChI is InChI=1S/C27H33FN4O6S/c1-17(2)16-38-20-14-18(13-19(28)15-20)22-10-9-21(26(30-22)37-12-11-27(3,4)36-5)25(33)32-39(34,35)24-8-6-7-23(29)31-24/h6-10,13-15,17H,11-12,16H2,1-5H3,(H2,29,31)(H,32,33). The van der Waals surface area contributed by atoms with Gasteiger partial charge < -0.3 is 19.9 Å². The molecule has 0 radical (unpaired) electrons. The average Bonchev–Trinajstić information content (AvgIpc) is 2.86. The van der Waals surface area contributed by atoms with Gasteiger partial charge in [-0.3, -0.25) is 4.79 Å². The number of pyridine rings is 2. The van der Waals surface area contributed by atoms with E-state index in [4.69, 9.17) is 19.9 Å². The molecule has 0 unspecified atom stereocenters. The fourth-order valence-corrected chi connectivity index (χ4v) is 4.19. The van der Waals surface area contributed by atoms with Gasteiger partial charge in [0.2, 0.25) is 5.88 Å². The zero-order valence-corrected chi connectivity index (χ0v) is 23.3. The van der Waals surface area contributed by atoms with Crippen molar-refractivity contribution in [1.82, 2.24) is 14.7 Å². The van der Waals surface area contributed by atoms with Gasteiger partial charge in [-0.1, -0.05) is 19.9 Å². The van der Waals surface area contributed by atoms with Crippen LogP contribution < -0.4 is 19.9 Å². The van der Waals surface area contributed by atoms with Gasteiger partial charge in [-0.25, -0.2) is 19.1 Å². The number of sulfonamides is 1. The molecule has 0 fully saturated rings. The number of methoxy groups -OCH3 is 1. The van der Waals surface area contributed by atoms with E-state index in [2.05, 4.69) is 9.97 Å². The first-order valence-electron chi connectivity index (χ1n) is 12.2. The minimum Gasteiger partial charge on any atom is -0.493 e. The summed E-state index contributed by atoms with van der Waals surface area (Å²) in [6.07, 6.45) is 0.440. The number of nitrogens with one attached hydrogen (secondary N) is 1. The van der Waals surface area contributed by atoms with Crippen LogP contribution in [0.5, 0.6) is 11.6 Å². The summed E-state index contributed by atoms with van der Waals surface area (Å²) in [6, 6.07) is 11.0. The molecule has 3 N–H and O–H groups in total. The normalized spacial score (nSPS) is 11.9. The second-order valence-corrected chi connectivity index (χ2v) is 11.5. The Morgan fingerprint density at radius 3 is 2.51 bits per heavy atom. The van der Waals surface area contributed by atoms with E-state index in [0.29, 0.717) is 30.0 Å². The molecule has 0 aliphatic rings. The highest BCUT2D eigenvalue weighted by Crippen LogP contribution is 2.28. The summed E-state index contributed by atoms with van der Waals surface area (Å²) < 4.78 is 58.8. The number of halogens is 1. The van der Waals surface area contributed by atoms with Crippen molar-refractivity contribution in [1.29, 1.82) is 0 Å². The van der Waals surface area contributed by atoms with Crippen molar-refractivity contribution in [2.75, 3.05) is 26.1 Å². The number of ether oxygens (including phenoxy) is 3. The van der Waals surface area contributed by atoms with E-state index >= 15 is 0 Å². The fraction of sp³-hybridized carbons (Fsp3) is 0.370. The molecule has 10 nitrogen and oxygen atoms in total. The largest absolute Gasteiger partial charge is 0.493 e. The zero-order chi connectivity index (χ0) is 28.8. The van der Waals surface area contributed by atoms with Gasteiger partial charge in [-0.05, 0) is 56.2 Å². The average molecular weight is 561 g/mol. The number of nitrogens with two attached hydrogens (primary N) is 1. The third kappa shape index (κ3) is 8.36. The summed E-state index contributed by atoms with van der Waals surface area (Å²) in [5.74, 6) is -1.11. The number of carbonyl (C=O) groups excluding carboxylic acids is 1. The second-order valence-electron chi connectivity index (χ2n) is 9.83. The van der Waals surface area contributed by atoms with Gasteiger partial charge in [0.25, 0.3) is 15.9 Å². The van der Waals surface area contributed by atoms with Crippen molar-refractivity contribution in [2.24, 2.45) is 5.92 Å². The number of nitrogens with zero attached hydrogens (tertiary/aromatic N) is 2. The Bertz CT molecular complexity index is 1430. The molecule has 12 heteroatoms. The van der Waals surface area contributed by atoms with E-state index in [1.807, 2.05) is 32.4 Å². The van der Waals surface area contributed by atoms with Gasteiger partial charge in [-0.2, -0.15) is 8.42 Å². The first-order chi connectivity index (χ1) is 18.3. The summed E-state index contributed by atoms with van der Waals surface area (Å²) >= 11 is 0. The summed E-state index contributed by atoms with van der Waals surface area (Å²) in [5, 5.41) is -0.418. The lowest BCUT2D eigenvalue weighted by atomic mass is 10.1. The number of aromatic nitrogens is 2. The number of carbonyl (C=O) groups is 1. The number of hydrogen-bond acceptors (Lipinski definition) is 9. The van der Waals surface area contributed by atoms with Crippen LogP contribution in [0.1, 0.15) is 44.5 Å². The van der Waals surface area contributed by atoms with Crippen LogP contribution in [0.4, 0.5) is 10.2 Å². The molecule has 3 aromatic rings. The van der Waals surface area contributed by atoms with Gasteiger partial charge in [-0.15, -0.1) is 0 Å². The number of hydrogen-bond donors (Lipinski definition) is 2. The van der Waals surface area contributed by atoms with Crippen LogP contribution in [0.2, 0.25) is 0 Å². The van der Waals surface area contributed by atoms with Crippen molar-refractivity contribution < 1.29 is 31.8 Å². The molecule has 3 rings (SSSR count). The summed E-state index contributed by atoms with van der Waals surface area (Å²) in [4.78, 5) is 21.3. The maximum atomic E-state index is 14.4. The highest BCUT2D eigenvalue weighted by Gasteiger charge is 2.25. The van der Waals surface area contributed by atoms with Crippen molar-refractivity contribution >= 4 is 21.7 Å². The highest BCUT2D eigenvalue weighted by atomic mass is 32.2. The Labute approximate surface area is 227 Å². The van der Waals surface area contributed by atoms with Gasteiger partial charge in [0.1, 0.15) is 22.9 Å². The summed E-state index contributed by atoms with van der Waals surface area (Å²) in [7, 11) is -2.78. The van der Waals surface area contributed by atoms with Crippen molar-refractivity contribution in [3.63, 3.8) is 0 Å². The number of anilines is 1. The van der Waals surface area contributed by atoms with E-state index in [-0.39, 0.29) is 29.8 Å². The molecule has 2 heterocycles. The van der Waals surface area contributed by atoms with Crippen molar-refractivity contribution in [3.05, 3.63) is 59.9 Å². The molecule has 0 atom stereocenters.